The van der Waals surface area contributed by atoms with Crippen LogP contribution >= 0.6 is 15.9 Å². The first kappa shape index (κ1) is 22.1. The van der Waals surface area contributed by atoms with Crippen molar-refractivity contribution in [3.05, 3.63) is 93.5 Å². The SMILES string of the molecule is CCOc1cc(/C=N\NC(=O)c2ccccc2Br)ccc1OCc1ccc(C#N)cc1. The first-order valence-corrected chi connectivity index (χ1v) is 10.4. The molecule has 0 spiro atoms. The number of ether oxygens (including phenoxy) is 2. The summed E-state index contributed by atoms with van der Waals surface area (Å²) in [5.41, 5.74) is 5.32. The van der Waals surface area contributed by atoms with Crippen molar-refractivity contribution in [1.29, 1.82) is 5.26 Å². The Morgan fingerprint density at radius 2 is 1.87 bits per heavy atom. The van der Waals surface area contributed by atoms with Gasteiger partial charge in [0.05, 0.1) is 30.0 Å². The minimum atomic E-state index is -0.309. The van der Waals surface area contributed by atoms with E-state index < -0.39 is 0 Å². The summed E-state index contributed by atoms with van der Waals surface area (Å²) in [5, 5.41) is 12.9. The molecule has 0 heterocycles. The van der Waals surface area contributed by atoms with Gasteiger partial charge in [-0.05, 0) is 76.4 Å². The van der Waals surface area contributed by atoms with Crippen LogP contribution in [0.1, 0.15) is 34.0 Å². The van der Waals surface area contributed by atoms with Crippen molar-refractivity contribution in [1.82, 2.24) is 5.43 Å². The topological polar surface area (TPSA) is 83.7 Å². The zero-order chi connectivity index (χ0) is 22.1. The number of carbonyl (C=O) groups excluding carboxylic acids is 1. The molecule has 6 nitrogen and oxygen atoms in total. The van der Waals surface area contributed by atoms with Crippen LogP contribution in [-0.2, 0) is 6.61 Å². The van der Waals surface area contributed by atoms with Crippen LogP contribution in [0.25, 0.3) is 0 Å². The number of nitrogens with zero attached hydrogens (tertiary/aromatic N) is 2. The molecule has 31 heavy (non-hydrogen) atoms. The summed E-state index contributed by atoms with van der Waals surface area (Å²) in [4.78, 5) is 12.2. The van der Waals surface area contributed by atoms with Crippen molar-refractivity contribution in [2.24, 2.45) is 5.10 Å². The molecule has 0 aliphatic carbocycles. The molecule has 0 radical (unpaired) electrons. The second-order valence-electron chi connectivity index (χ2n) is 6.42. The highest BCUT2D eigenvalue weighted by atomic mass is 79.9. The number of nitrogens with one attached hydrogen (secondary N) is 1. The smallest absolute Gasteiger partial charge is 0.272 e. The summed E-state index contributed by atoms with van der Waals surface area (Å²) >= 11 is 3.35. The maximum Gasteiger partial charge on any atom is 0.272 e. The molecule has 0 unspecified atom stereocenters. The first-order chi connectivity index (χ1) is 15.1. The van der Waals surface area contributed by atoms with Crippen LogP contribution in [0.2, 0.25) is 0 Å². The largest absolute Gasteiger partial charge is 0.490 e. The van der Waals surface area contributed by atoms with Crippen LogP contribution in [0.3, 0.4) is 0 Å². The van der Waals surface area contributed by atoms with Crippen molar-refractivity contribution < 1.29 is 14.3 Å². The Labute approximate surface area is 189 Å². The van der Waals surface area contributed by atoms with Gasteiger partial charge in [-0.3, -0.25) is 4.79 Å². The van der Waals surface area contributed by atoms with Crippen molar-refractivity contribution in [3.8, 4) is 17.6 Å². The fourth-order valence-electron chi connectivity index (χ4n) is 2.70. The molecule has 7 heteroatoms. The molecule has 0 saturated carbocycles. The van der Waals surface area contributed by atoms with Gasteiger partial charge in [0, 0.05) is 4.47 Å². The molecule has 0 atom stereocenters. The molecule has 0 saturated heterocycles. The number of nitriles is 1. The fourth-order valence-corrected chi connectivity index (χ4v) is 3.16. The van der Waals surface area contributed by atoms with Gasteiger partial charge in [-0.1, -0.05) is 24.3 Å². The molecule has 3 aromatic carbocycles. The van der Waals surface area contributed by atoms with Gasteiger partial charge in [-0.2, -0.15) is 10.4 Å². The minimum absolute atomic E-state index is 0.309. The Balaban J connectivity index is 1.66. The van der Waals surface area contributed by atoms with Crippen molar-refractivity contribution in [2.75, 3.05) is 6.61 Å². The molecule has 0 aromatic heterocycles. The third-order valence-corrected chi connectivity index (χ3v) is 4.93. The lowest BCUT2D eigenvalue weighted by molar-refractivity contribution is 0.0954. The second kappa shape index (κ2) is 11.0. The van der Waals surface area contributed by atoms with Gasteiger partial charge < -0.3 is 9.47 Å². The summed E-state index contributed by atoms with van der Waals surface area (Å²) in [7, 11) is 0. The molecule has 0 aliphatic heterocycles. The highest BCUT2D eigenvalue weighted by Gasteiger charge is 2.09. The monoisotopic (exact) mass is 477 g/mol. The zero-order valence-corrected chi connectivity index (χ0v) is 18.4. The van der Waals surface area contributed by atoms with Crippen molar-refractivity contribution >= 4 is 28.1 Å². The molecule has 0 fully saturated rings. The zero-order valence-electron chi connectivity index (χ0n) is 16.8. The van der Waals surface area contributed by atoms with E-state index in [-0.39, 0.29) is 5.91 Å². The van der Waals surface area contributed by atoms with E-state index >= 15 is 0 Å². The van der Waals surface area contributed by atoms with Crippen LogP contribution < -0.4 is 14.9 Å². The molecule has 156 valence electrons. The highest BCUT2D eigenvalue weighted by molar-refractivity contribution is 9.10. The van der Waals surface area contributed by atoms with Gasteiger partial charge in [0.2, 0.25) is 0 Å². The lowest BCUT2D eigenvalue weighted by Gasteiger charge is -2.12. The minimum Gasteiger partial charge on any atom is -0.490 e. The van der Waals surface area contributed by atoms with Crippen molar-refractivity contribution in [3.63, 3.8) is 0 Å². The average molecular weight is 478 g/mol. The van der Waals surface area contributed by atoms with E-state index in [2.05, 4.69) is 32.5 Å². The third kappa shape index (κ3) is 6.17. The molecular formula is C24H20BrN3O3. The Morgan fingerprint density at radius 3 is 2.58 bits per heavy atom. The lowest BCUT2D eigenvalue weighted by atomic mass is 10.1. The van der Waals surface area contributed by atoms with E-state index in [0.717, 1.165) is 11.1 Å². The van der Waals surface area contributed by atoms with Crippen molar-refractivity contribution in [2.45, 2.75) is 13.5 Å². The molecule has 3 rings (SSSR count). The normalized spacial score (nSPS) is 10.5. The van der Waals surface area contributed by atoms with E-state index in [9.17, 15) is 4.79 Å². The van der Waals surface area contributed by atoms with Gasteiger partial charge in [0.15, 0.2) is 11.5 Å². The molecule has 0 bridgehead atoms. The van der Waals surface area contributed by atoms with Crippen LogP contribution in [0.5, 0.6) is 11.5 Å². The number of rotatable bonds is 8. The van der Waals surface area contributed by atoms with Gasteiger partial charge in [0.1, 0.15) is 6.61 Å². The second-order valence-corrected chi connectivity index (χ2v) is 7.27. The first-order valence-electron chi connectivity index (χ1n) is 9.57. The summed E-state index contributed by atoms with van der Waals surface area (Å²) < 4.78 is 12.3. The maximum atomic E-state index is 12.2. The quantitative estimate of drug-likeness (QED) is 0.362. The number of carbonyl (C=O) groups is 1. The lowest BCUT2D eigenvalue weighted by Crippen LogP contribution is -2.18. The Hall–Kier alpha value is -3.63. The highest BCUT2D eigenvalue weighted by Crippen LogP contribution is 2.29. The Kier molecular flexibility index (Phi) is 7.79. The van der Waals surface area contributed by atoms with E-state index in [0.29, 0.717) is 40.3 Å². The number of hydrazone groups is 1. The maximum absolute atomic E-state index is 12.2. The molecule has 1 N–H and O–H groups in total. The number of hydrogen-bond acceptors (Lipinski definition) is 5. The van der Waals surface area contributed by atoms with Crippen LogP contribution in [0, 0.1) is 11.3 Å². The number of hydrogen-bond donors (Lipinski definition) is 1. The number of amides is 1. The molecule has 0 aliphatic rings. The summed E-state index contributed by atoms with van der Waals surface area (Å²) in [6.07, 6.45) is 1.54. The number of benzene rings is 3. The van der Waals surface area contributed by atoms with E-state index in [4.69, 9.17) is 14.7 Å². The van der Waals surface area contributed by atoms with Gasteiger partial charge >= 0.3 is 0 Å². The average Bonchev–Trinajstić information content (AvgIpc) is 2.79. The van der Waals surface area contributed by atoms with E-state index in [1.54, 1.807) is 48.7 Å². The number of halogens is 1. The van der Waals surface area contributed by atoms with Gasteiger partial charge in [-0.15, -0.1) is 0 Å². The van der Waals surface area contributed by atoms with Crippen LogP contribution in [0.4, 0.5) is 0 Å². The molecule has 1 amide bonds. The van der Waals surface area contributed by atoms with E-state index in [1.807, 2.05) is 31.2 Å². The van der Waals surface area contributed by atoms with Gasteiger partial charge in [0.25, 0.3) is 5.91 Å². The van der Waals surface area contributed by atoms with E-state index in [1.165, 1.54) is 0 Å². The summed E-state index contributed by atoms with van der Waals surface area (Å²) in [5.74, 6) is 0.869. The fraction of sp³-hybridized carbons (Fsp3) is 0.125. The summed E-state index contributed by atoms with van der Waals surface area (Å²) in [6, 6.07) is 21.9. The van der Waals surface area contributed by atoms with Crippen LogP contribution in [0.15, 0.2) is 76.3 Å². The van der Waals surface area contributed by atoms with Crippen LogP contribution in [-0.4, -0.2) is 18.7 Å². The van der Waals surface area contributed by atoms with Gasteiger partial charge in [-0.25, -0.2) is 5.43 Å². The summed E-state index contributed by atoms with van der Waals surface area (Å²) in [6.45, 7) is 2.72. The molecule has 3 aromatic rings. The Morgan fingerprint density at radius 1 is 1.10 bits per heavy atom. The molecular weight excluding hydrogens is 458 g/mol. The standard InChI is InChI=1S/C24H20BrN3O3/c1-2-30-23-13-19(15-27-28-24(29)20-5-3-4-6-21(20)25)11-12-22(23)31-16-18-9-7-17(14-26)8-10-18/h3-13,15H,2,16H2,1H3,(H,28,29)/b27-15-. The Bertz CT molecular complexity index is 1120. The third-order valence-electron chi connectivity index (χ3n) is 4.24. The predicted molar refractivity (Wildman–Crippen MR) is 122 cm³/mol. The predicted octanol–water partition coefficient (Wildman–Crippen LogP) is 5.06.